The van der Waals surface area contributed by atoms with Crippen molar-refractivity contribution in [1.29, 1.82) is 0 Å². The highest BCUT2D eigenvalue weighted by Crippen LogP contribution is 1.98. The summed E-state index contributed by atoms with van der Waals surface area (Å²) in [6.45, 7) is 1.19. The zero-order valence-electron chi connectivity index (χ0n) is 9.80. The van der Waals surface area contributed by atoms with Crippen LogP contribution in [0.2, 0.25) is 0 Å². The smallest absolute Gasteiger partial charge is 0.346 e. The van der Waals surface area contributed by atoms with Crippen LogP contribution < -0.4 is 21.9 Å². The molecule has 0 radical (unpaired) electrons. The van der Waals surface area contributed by atoms with Crippen molar-refractivity contribution in [3.05, 3.63) is 20.8 Å². The molecule has 90 valence electrons. The van der Waals surface area contributed by atoms with Crippen molar-refractivity contribution >= 4 is 5.82 Å². The predicted molar refractivity (Wildman–Crippen MR) is 61.7 cm³/mol. The van der Waals surface area contributed by atoms with E-state index < -0.39 is 5.69 Å². The Morgan fingerprint density at radius 2 is 2.00 bits per heavy atom. The molecular formula is C9H17N5O2. The van der Waals surface area contributed by atoms with Gasteiger partial charge >= 0.3 is 5.69 Å². The number of rotatable bonds is 4. The quantitative estimate of drug-likeness (QED) is 0.660. The SMILES string of the molecule is CN(CCCN)c1nn(C)c(=O)n(C)c1=O. The molecule has 0 aliphatic rings. The highest BCUT2D eigenvalue weighted by Gasteiger charge is 2.12. The maximum Gasteiger partial charge on any atom is 0.346 e. The summed E-state index contributed by atoms with van der Waals surface area (Å²) in [5.74, 6) is 0.262. The van der Waals surface area contributed by atoms with Gasteiger partial charge in [0.05, 0.1) is 0 Å². The van der Waals surface area contributed by atoms with Crippen molar-refractivity contribution in [2.24, 2.45) is 19.8 Å². The van der Waals surface area contributed by atoms with Crippen molar-refractivity contribution in [2.45, 2.75) is 6.42 Å². The zero-order chi connectivity index (χ0) is 12.3. The van der Waals surface area contributed by atoms with Gasteiger partial charge in [-0.3, -0.25) is 9.36 Å². The van der Waals surface area contributed by atoms with Gasteiger partial charge in [0.2, 0.25) is 5.82 Å². The number of nitrogens with zero attached hydrogens (tertiary/aromatic N) is 4. The average molecular weight is 227 g/mol. The molecule has 0 atom stereocenters. The summed E-state index contributed by atoms with van der Waals surface area (Å²) >= 11 is 0. The van der Waals surface area contributed by atoms with E-state index in [2.05, 4.69) is 5.10 Å². The molecule has 0 aromatic carbocycles. The van der Waals surface area contributed by atoms with E-state index in [0.29, 0.717) is 13.1 Å². The van der Waals surface area contributed by atoms with Gasteiger partial charge in [0.25, 0.3) is 5.56 Å². The highest BCUT2D eigenvalue weighted by atomic mass is 16.2. The molecule has 16 heavy (non-hydrogen) atoms. The van der Waals surface area contributed by atoms with Crippen molar-refractivity contribution in [2.75, 3.05) is 25.0 Å². The van der Waals surface area contributed by atoms with Gasteiger partial charge in [-0.2, -0.15) is 0 Å². The van der Waals surface area contributed by atoms with E-state index >= 15 is 0 Å². The minimum atomic E-state index is -0.430. The van der Waals surface area contributed by atoms with Gasteiger partial charge in [-0.1, -0.05) is 0 Å². The third-order valence-corrected chi connectivity index (χ3v) is 2.36. The Kier molecular flexibility index (Phi) is 3.83. The third-order valence-electron chi connectivity index (χ3n) is 2.36. The van der Waals surface area contributed by atoms with Gasteiger partial charge in [0, 0.05) is 27.7 Å². The van der Waals surface area contributed by atoms with Crippen LogP contribution in [-0.2, 0) is 14.1 Å². The van der Waals surface area contributed by atoms with E-state index in [4.69, 9.17) is 5.73 Å². The molecule has 1 aromatic rings. The fourth-order valence-electron chi connectivity index (χ4n) is 1.36. The molecule has 0 unspecified atom stereocenters. The fraction of sp³-hybridized carbons (Fsp3) is 0.667. The van der Waals surface area contributed by atoms with E-state index in [-0.39, 0.29) is 11.4 Å². The number of nitrogens with two attached hydrogens (primary N) is 1. The summed E-state index contributed by atoms with van der Waals surface area (Å²) in [6.07, 6.45) is 0.768. The van der Waals surface area contributed by atoms with Crippen LogP contribution in [0.1, 0.15) is 6.42 Å². The van der Waals surface area contributed by atoms with Gasteiger partial charge < -0.3 is 10.6 Å². The molecule has 7 heteroatoms. The maximum absolute atomic E-state index is 11.8. The Hall–Kier alpha value is -1.63. The van der Waals surface area contributed by atoms with Gasteiger partial charge in [-0.25, -0.2) is 9.48 Å². The summed E-state index contributed by atoms with van der Waals surface area (Å²) in [7, 11) is 4.71. The first kappa shape index (κ1) is 12.4. The van der Waals surface area contributed by atoms with Crippen LogP contribution in [0, 0.1) is 0 Å². The standard InChI is InChI=1S/C9H17N5O2/c1-12(6-4-5-10)7-8(15)13(2)9(16)14(3)11-7/h4-6,10H2,1-3H3. The molecule has 0 spiro atoms. The molecule has 1 rings (SSSR count). The first-order valence-electron chi connectivity index (χ1n) is 5.04. The van der Waals surface area contributed by atoms with E-state index in [1.807, 2.05) is 0 Å². The molecule has 0 fully saturated rings. The summed E-state index contributed by atoms with van der Waals surface area (Å²) < 4.78 is 2.19. The molecule has 2 N–H and O–H groups in total. The third kappa shape index (κ3) is 2.30. The second kappa shape index (κ2) is 4.93. The first-order chi connectivity index (χ1) is 7.49. The molecule has 1 heterocycles. The zero-order valence-corrected chi connectivity index (χ0v) is 9.80. The molecule has 0 saturated heterocycles. The van der Waals surface area contributed by atoms with Crippen molar-refractivity contribution in [3.8, 4) is 0 Å². The van der Waals surface area contributed by atoms with E-state index in [9.17, 15) is 9.59 Å². The second-order valence-electron chi connectivity index (χ2n) is 3.66. The summed E-state index contributed by atoms with van der Waals surface area (Å²) in [6, 6.07) is 0. The molecule has 1 aromatic heterocycles. The number of hydrogen-bond donors (Lipinski definition) is 1. The second-order valence-corrected chi connectivity index (χ2v) is 3.66. The Balaban J connectivity index is 3.15. The minimum absolute atomic E-state index is 0.262. The molecule has 0 amide bonds. The number of aromatic nitrogens is 3. The summed E-state index contributed by atoms with van der Waals surface area (Å²) in [4.78, 5) is 24.9. The number of aryl methyl sites for hydroxylation is 1. The average Bonchev–Trinajstić information content (AvgIpc) is 2.28. The Morgan fingerprint density at radius 3 is 2.56 bits per heavy atom. The van der Waals surface area contributed by atoms with E-state index in [1.165, 1.54) is 14.1 Å². The topological polar surface area (TPSA) is 86.2 Å². The number of hydrogen-bond acceptors (Lipinski definition) is 5. The van der Waals surface area contributed by atoms with Gasteiger partial charge in [0.15, 0.2) is 0 Å². The van der Waals surface area contributed by atoms with Crippen LogP contribution in [0.3, 0.4) is 0 Å². The molecule has 0 bridgehead atoms. The van der Waals surface area contributed by atoms with Crippen LogP contribution >= 0.6 is 0 Å². The molecular weight excluding hydrogens is 210 g/mol. The highest BCUT2D eigenvalue weighted by molar-refractivity contribution is 5.32. The van der Waals surface area contributed by atoms with Crippen LogP contribution in [0.25, 0.3) is 0 Å². The van der Waals surface area contributed by atoms with E-state index in [0.717, 1.165) is 15.7 Å². The van der Waals surface area contributed by atoms with Gasteiger partial charge in [0.1, 0.15) is 0 Å². The lowest BCUT2D eigenvalue weighted by molar-refractivity contribution is 0.592. The maximum atomic E-state index is 11.8. The number of anilines is 1. The first-order valence-corrected chi connectivity index (χ1v) is 5.04. The van der Waals surface area contributed by atoms with Crippen LogP contribution in [0.15, 0.2) is 9.59 Å². The van der Waals surface area contributed by atoms with Crippen LogP contribution in [0.4, 0.5) is 5.82 Å². The molecule has 0 aliphatic carbocycles. The minimum Gasteiger partial charge on any atom is -0.354 e. The summed E-state index contributed by atoms with van der Waals surface area (Å²) in [5.41, 5.74) is 4.58. The Bertz CT molecular complexity index is 476. The molecule has 0 aliphatic heterocycles. The van der Waals surface area contributed by atoms with E-state index in [1.54, 1.807) is 11.9 Å². The lowest BCUT2D eigenvalue weighted by Crippen LogP contribution is -2.42. The van der Waals surface area contributed by atoms with Crippen molar-refractivity contribution in [1.82, 2.24) is 14.3 Å². The fourth-order valence-corrected chi connectivity index (χ4v) is 1.36. The van der Waals surface area contributed by atoms with Gasteiger partial charge in [-0.05, 0) is 13.0 Å². The summed E-state index contributed by atoms with van der Waals surface area (Å²) in [5, 5.41) is 3.94. The largest absolute Gasteiger partial charge is 0.354 e. The Morgan fingerprint density at radius 1 is 1.38 bits per heavy atom. The van der Waals surface area contributed by atoms with Crippen molar-refractivity contribution in [3.63, 3.8) is 0 Å². The monoisotopic (exact) mass is 227 g/mol. The Labute approximate surface area is 93.1 Å². The van der Waals surface area contributed by atoms with Crippen LogP contribution in [0.5, 0.6) is 0 Å². The van der Waals surface area contributed by atoms with Gasteiger partial charge in [-0.15, -0.1) is 5.10 Å². The molecule has 0 saturated carbocycles. The normalized spacial score (nSPS) is 10.5. The predicted octanol–water partition coefficient (Wildman–Crippen LogP) is -1.74. The van der Waals surface area contributed by atoms with Crippen LogP contribution in [-0.4, -0.2) is 34.5 Å². The molecule has 7 nitrogen and oxygen atoms in total. The van der Waals surface area contributed by atoms with Crippen molar-refractivity contribution < 1.29 is 0 Å². The lowest BCUT2D eigenvalue weighted by atomic mass is 10.4. The lowest BCUT2D eigenvalue weighted by Gasteiger charge is -2.17.